The fourth-order valence-corrected chi connectivity index (χ4v) is 6.54. The van der Waals surface area contributed by atoms with Crippen LogP contribution in [0.15, 0.2) is 143 Å². The standard InChI is InChI=1S/C38H28N6O/c1-41-24-40-42(25-41)26-10-8-11-27(22-26)43(34-16-9-14-32-31-13-3-5-17-36(31)45-38(32)34)28-19-20-30-29-12-2-4-15-33(29)44(35(30)23-28)37-18-6-7-21-39-37/h2-24H,25H2,1H3. The Balaban J connectivity index is 1.32. The SMILES string of the molecule is CN1C=NN(c2cccc(N(c3ccc4c5ccccc5n(-c5ccccn5)c4c3)c3cccc4c3oc3ccccc34)c2)C1. The third-order valence-electron chi connectivity index (χ3n) is 8.55. The molecule has 216 valence electrons. The molecule has 0 saturated heterocycles. The van der Waals surface area contributed by atoms with E-state index in [9.17, 15) is 0 Å². The third kappa shape index (κ3) is 4.05. The molecule has 0 aliphatic carbocycles. The minimum Gasteiger partial charge on any atom is -0.454 e. The number of hydrogen-bond donors (Lipinski definition) is 0. The highest BCUT2D eigenvalue weighted by molar-refractivity contribution is 6.12. The fraction of sp³-hybridized carbons (Fsp3) is 0.0526. The Morgan fingerprint density at radius 3 is 2.31 bits per heavy atom. The van der Waals surface area contributed by atoms with E-state index in [-0.39, 0.29) is 0 Å². The highest BCUT2D eigenvalue weighted by Gasteiger charge is 2.22. The number of hydrogen-bond acceptors (Lipinski definition) is 6. The van der Waals surface area contributed by atoms with Gasteiger partial charge in [-0.25, -0.2) is 9.99 Å². The van der Waals surface area contributed by atoms with E-state index in [0.29, 0.717) is 6.67 Å². The van der Waals surface area contributed by atoms with Crippen LogP contribution < -0.4 is 9.91 Å². The molecule has 45 heavy (non-hydrogen) atoms. The van der Waals surface area contributed by atoms with Crippen molar-refractivity contribution in [3.8, 4) is 5.82 Å². The van der Waals surface area contributed by atoms with E-state index in [4.69, 9.17) is 9.40 Å². The van der Waals surface area contributed by atoms with Gasteiger partial charge in [-0.1, -0.05) is 66.7 Å². The van der Waals surface area contributed by atoms with Crippen LogP contribution in [-0.2, 0) is 0 Å². The molecule has 0 atom stereocenters. The van der Waals surface area contributed by atoms with Crippen molar-refractivity contribution in [2.75, 3.05) is 23.6 Å². The predicted octanol–water partition coefficient (Wildman–Crippen LogP) is 9.20. The van der Waals surface area contributed by atoms with Gasteiger partial charge in [-0.05, 0) is 60.7 Å². The number of furan rings is 1. The van der Waals surface area contributed by atoms with Crippen molar-refractivity contribution >= 4 is 72.8 Å². The topological polar surface area (TPSA) is 53.0 Å². The number of anilines is 4. The summed E-state index contributed by atoms with van der Waals surface area (Å²) in [6.45, 7) is 0.693. The zero-order chi connectivity index (χ0) is 29.9. The minimum atomic E-state index is 0.693. The largest absolute Gasteiger partial charge is 0.454 e. The lowest BCUT2D eigenvalue weighted by Gasteiger charge is -2.27. The van der Waals surface area contributed by atoms with E-state index in [1.54, 1.807) is 0 Å². The molecule has 0 amide bonds. The summed E-state index contributed by atoms with van der Waals surface area (Å²) >= 11 is 0. The summed E-state index contributed by atoms with van der Waals surface area (Å²) < 4.78 is 8.83. The van der Waals surface area contributed by atoms with Crippen molar-refractivity contribution in [3.63, 3.8) is 0 Å². The molecule has 0 N–H and O–H groups in total. The fourth-order valence-electron chi connectivity index (χ4n) is 6.54. The second-order valence-corrected chi connectivity index (χ2v) is 11.4. The molecular formula is C38H28N6O. The quantitative estimate of drug-likeness (QED) is 0.202. The van der Waals surface area contributed by atoms with Gasteiger partial charge in [0.25, 0.3) is 0 Å². The number of rotatable bonds is 5. The van der Waals surface area contributed by atoms with Crippen LogP contribution in [0.1, 0.15) is 0 Å². The van der Waals surface area contributed by atoms with Gasteiger partial charge >= 0.3 is 0 Å². The van der Waals surface area contributed by atoms with Crippen molar-refractivity contribution in [2.45, 2.75) is 0 Å². The molecule has 0 fully saturated rings. The molecule has 7 nitrogen and oxygen atoms in total. The maximum atomic E-state index is 6.58. The molecule has 0 unspecified atom stereocenters. The zero-order valence-electron chi connectivity index (χ0n) is 24.6. The average molecular weight is 585 g/mol. The molecular weight excluding hydrogens is 556 g/mol. The molecule has 0 saturated carbocycles. The van der Waals surface area contributed by atoms with Gasteiger partial charge in [0.15, 0.2) is 5.58 Å². The van der Waals surface area contributed by atoms with E-state index in [1.165, 1.54) is 10.8 Å². The minimum absolute atomic E-state index is 0.693. The van der Waals surface area contributed by atoms with Crippen LogP contribution >= 0.6 is 0 Å². The Hall–Kier alpha value is -6.08. The summed E-state index contributed by atoms with van der Waals surface area (Å²) in [5.74, 6) is 0.879. The molecule has 8 aromatic rings. The van der Waals surface area contributed by atoms with Gasteiger partial charge in [-0.3, -0.25) is 4.57 Å². The maximum Gasteiger partial charge on any atom is 0.159 e. The van der Waals surface area contributed by atoms with Crippen molar-refractivity contribution in [1.29, 1.82) is 0 Å². The lowest BCUT2D eigenvalue weighted by Crippen LogP contribution is -2.22. The first-order valence-corrected chi connectivity index (χ1v) is 15.0. The van der Waals surface area contributed by atoms with Gasteiger partial charge in [0.2, 0.25) is 0 Å². The first kappa shape index (κ1) is 25.4. The van der Waals surface area contributed by atoms with Crippen molar-refractivity contribution < 1.29 is 4.42 Å². The normalized spacial score (nSPS) is 13.2. The van der Waals surface area contributed by atoms with E-state index < -0.39 is 0 Å². The summed E-state index contributed by atoms with van der Waals surface area (Å²) in [4.78, 5) is 9.10. The summed E-state index contributed by atoms with van der Waals surface area (Å²) in [5.41, 5.74) is 7.90. The lowest BCUT2D eigenvalue weighted by molar-refractivity contribution is 0.549. The van der Waals surface area contributed by atoms with Crippen LogP contribution in [0.3, 0.4) is 0 Å². The summed E-state index contributed by atoms with van der Waals surface area (Å²) in [6.07, 6.45) is 3.70. The molecule has 0 radical (unpaired) electrons. The Morgan fingerprint density at radius 2 is 1.44 bits per heavy atom. The first-order chi connectivity index (χ1) is 22.2. The summed E-state index contributed by atoms with van der Waals surface area (Å²) in [7, 11) is 2.03. The van der Waals surface area contributed by atoms with Crippen molar-refractivity contribution in [2.24, 2.45) is 5.10 Å². The van der Waals surface area contributed by atoms with Crippen LogP contribution in [0.2, 0.25) is 0 Å². The number of aromatic nitrogens is 2. The molecule has 4 heterocycles. The van der Waals surface area contributed by atoms with Gasteiger partial charge in [0.05, 0.1) is 22.4 Å². The first-order valence-electron chi connectivity index (χ1n) is 15.0. The summed E-state index contributed by atoms with van der Waals surface area (Å²) in [6, 6.07) is 44.4. The second-order valence-electron chi connectivity index (χ2n) is 11.4. The van der Waals surface area contributed by atoms with Gasteiger partial charge in [-0.15, -0.1) is 0 Å². The molecule has 0 bridgehead atoms. The Bertz CT molecular complexity index is 2410. The van der Waals surface area contributed by atoms with Crippen LogP contribution in [0.4, 0.5) is 22.7 Å². The molecule has 5 aromatic carbocycles. The van der Waals surface area contributed by atoms with Crippen LogP contribution in [0.25, 0.3) is 49.6 Å². The van der Waals surface area contributed by atoms with Crippen molar-refractivity contribution in [1.82, 2.24) is 14.5 Å². The Morgan fingerprint density at radius 1 is 0.667 bits per heavy atom. The monoisotopic (exact) mass is 584 g/mol. The number of nitrogens with zero attached hydrogens (tertiary/aromatic N) is 6. The number of para-hydroxylation sites is 3. The molecule has 0 spiro atoms. The molecule has 7 heteroatoms. The smallest absolute Gasteiger partial charge is 0.159 e. The van der Waals surface area contributed by atoms with E-state index in [2.05, 4.69) is 123 Å². The number of benzene rings is 5. The average Bonchev–Trinajstić information content (AvgIpc) is 3.79. The van der Waals surface area contributed by atoms with E-state index in [0.717, 1.165) is 61.5 Å². The van der Waals surface area contributed by atoms with Crippen LogP contribution in [0.5, 0.6) is 0 Å². The van der Waals surface area contributed by atoms with Gasteiger partial charge in [0.1, 0.15) is 24.4 Å². The summed E-state index contributed by atoms with van der Waals surface area (Å²) in [5, 5.41) is 11.2. The lowest BCUT2D eigenvalue weighted by atomic mass is 10.1. The third-order valence-corrected chi connectivity index (χ3v) is 8.55. The maximum absolute atomic E-state index is 6.58. The molecule has 3 aromatic heterocycles. The van der Waals surface area contributed by atoms with Gasteiger partial charge < -0.3 is 14.2 Å². The zero-order valence-corrected chi connectivity index (χ0v) is 24.6. The highest BCUT2D eigenvalue weighted by atomic mass is 16.3. The van der Waals surface area contributed by atoms with Gasteiger partial charge in [-0.2, -0.15) is 5.10 Å². The van der Waals surface area contributed by atoms with Crippen LogP contribution in [-0.4, -0.2) is 34.5 Å². The number of pyridine rings is 1. The van der Waals surface area contributed by atoms with E-state index in [1.807, 2.05) is 48.9 Å². The molecule has 9 rings (SSSR count). The highest BCUT2D eigenvalue weighted by Crippen LogP contribution is 2.44. The van der Waals surface area contributed by atoms with Crippen LogP contribution in [0, 0.1) is 0 Å². The number of hydrazone groups is 1. The molecule has 1 aliphatic rings. The Labute approximate surface area is 259 Å². The van der Waals surface area contributed by atoms with E-state index >= 15 is 0 Å². The number of fused-ring (bicyclic) bond motifs is 6. The van der Waals surface area contributed by atoms with Gasteiger partial charge in [0, 0.05) is 46.2 Å². The molecule has 1 aliphatic heterocycles. The second kappa shape index (κ2) is 9.99. The van der Waals surface area contributed by atoms with Crippen molar-refractivity contribution in [3.05, 3.63) is 134 Å². The Kier molecular flexibility index (Phi) is 5.65. The predicted molar refractivity (Wildman–Crippen MR) is 184 cm³/mol.